The molecule has 0 saturated heterocycles. The number of para-hydroxylation sites is 1. The normalized spacial score (nSPS) is 10.8. The number of anilines is 3. The van der Waals surface area contributed by atoms with Gasteiger partial charge in [-0.05, 0) is 18.6 Å². The first-order valence-corrected chi connectivity index (χ1v) is 8.27. The van der Waals surface area contributed by atoms with Gasteiger partial charge in [-0.2, -0.15) is 0 Å². The summed E-state index contributed by atoms with van der Waals surface area (Å²) in [5.74, 6) is 0.230. The molecule has 3 rings (SSSR count). The van der Waals surface area contributed by atoms with E-state index in [2.05, 4.69) is 25.6 Å². The predicted molar refractivity (Wildman–Crippen MR) is 96.7 cm³/mol. The minimum atomic E-state index is -0.518. The molecule has 25 heavy (non-hydrogen) atoms. The Morgan fingerprint density at radius 1 is 1.32 bits per heavy atom. The van der Waals surface area contributed by atoms with E-state index in [-0.39, 0.29) is 17.3 Å². The molecule has 0 unspecified atom stereocenters. The average molecular weight is 360 g/mol. The highest BCUT2D eigenvalue weighted by Gasteiger charge is 2.23. The van der Waals surface area contributed by atoms with Crippen LogP contribution in [-0.2, 0) is 4.74 Å². The van der Waals surface area contributed by atoms with E-state index >= 15 is 0 Å². The van der Waals surface area contributed by atoms with Gasteiger partial charge in [0.25, 0.3) is 0 Å². The summed E-state index contributed by atoms with van der Waals surface area (Å²) < 4.78 is 5.93. The Hall–Kier alpha value is -2.85. The van der Waals surface area contributed by atoms with Gasteiger partial charge in [0.1, 0.15) is 6.33 Å². The SMILES string of the molecule is COCCNc1ncnc(Nc2nc3c(C)cccc3s2)c1[N+](=O)[O-]. The maximum absolute atomic E-state index is 11.5. The molecule has 10 heteroatoms. The summed E-state index contributed by atoms with van der Waals surface area (Å²) in [4.78, 5) is 23.4. The van der Waals surface area contributed by atoms with Crippen molar-refractivity contribution in [1.82, 2.24) is 15.0 Å². The van der Waals surface area contributed by atoms with Crippen molar-refractivity contribution in [2.24, 2.45) is 0 Å². The Bertz CT molecular complexity index is 913. The lowest BCUT2D eigenvalue weighted by atomic mass is 10.2. The Morgan fingerprint density at radius 2 is 2.12 bits per heavy atom. The molecular weight excluding hydrogens is 344 g/mol. The first kappa shape index (κ1) is 17.0. The van der Waals surface area contributed by atoms with Crippen molar-refractivity contribution >= 4 is 44.0 Å². The third-order valence-corrected chi connectivity index (χ3v) is 4.39. The van der Waals surface area contributed by atoms with Crippen LogP contribution in [0.3, 0.4) is 0 Å². The molecule has 130 valence electrons. The molecule has 2 heterocycles. The monoisotopic (exact) mass is 360 g/mol. The Labute approximate surface area is 147 Å². The fraction of sp³-hybridized carbons (Fsp3) is 0.267. The number of benzene rings is 1. The standard InChI is InChI=1S/C15H16N6O3S/c1-9-4-3-5-10-11(9)19-15(25-10)20-14-12(21(22)23)13(17-8-18-14)16-6-7-24-2/h3-5,8H,6-7H2,1-2H3,(H2,16,17,18,19,20). The van der Waals surface area contributed by atoms with Crippen molar-refractivity contribution < 1.29 is 9.66 Å². The van der Waals surface area contributed by atoms with Gasteiger partial charge in [0.2, 0.25) is 11.6 Å². The van der Waals surface area contributed by atoms with Gasteiger partial charge < -0.3 is 15.4 Å². The van der Waals surface area contributed by atoms with Gasteiger partial charge >= 0.3 is 5.69 Å². The molecule has 0 aliphatic carbocycles. The van der Waals surface area contributed by atoms with Crippen molar-refractivity contribution in [3.63, 3.8) is 0 Å². The molecule has 0 saturated carbocycles. The van der Waals surface area contributed by atoms with Crippen molar-refractivity contribution in [3.8, 4) is 0 Å². The second-order valence-corrected chi connectivity index (χ2v) is 6.19. The number of rotatable bonds is 7. The summed E-state index contributed by atoms with van der Waals surface area (Å²) in [5, 5.41) is 17.9. The minimum absolute atomic E-state index is 0.0941. The molecule has 3 aromatic rings. The van der Waals surface area contributed by atoms with Crippen molar-refractivity contribution in [2.45, 2.75) is 6.92 Å². The summed E-state index contributed by atoms with van der Waals surface area (Å²) in [6, 6.07) is 5.87. The van der Waals surface area contributed by atoms with Crippen LogP contribution in [0.15, 0.2) is 24.5 Å². The summed E-state index contributed by atoms with van der Waals surface area (Å²) in [7, 11) is 1.55. The number of aromatic nitrogens is 3. The van der Waals surface area contributed by atoms with Crippen LogP contribution in [0.4, 0.5) is 22.5 Å². The van der Waals surface area contributed by atoms with Crippen LogP contribution in [0, 0.1) is 17.0 Å². The van der Waals surface area contributed by atoms with E-state index in [0.717, 1.165) is 15.8 Å². The number of fused-ring (bicyclic) bond motifs is 1. The topological polar surface area (TPSA) is 115 Å². The first-order chi connectivity index (χ1) is 12.1. The van der Waals surface area contributed by atoms with Crippen LogP contribution in [0.25, 0.3) is 10.2 Å². The maximum atomic E-state index is 11.5. The second-order valence-electron chi connectivity index (χ2n) is 5.16. The molecule has 0 aliphatic heterocycles. The fourth-order valence-corrected chi connectivity index (χ4v) is 3.23. The van der Waals surface area contributed by atoms with E-state index < -0.39 is 4.92 Å². The Kier molecular flexibility index (Phi) is 5.00. The highest BCUT2D eigenvalue weighted by atomic mass is 32.1. The van der Waals surface area contributed by atoms with E-state index in [4.69, 9.17) is 4.74 Å². The third kappa shape index (κ3) is 3.64. The second kappa shape index (κ2) is 7.36. The van der Waals surface area contributed by atoms with Crippen LogP contribution in [0.1, 0.15) is 5.56 Å². The Balaban J connectivity index is 1.93. The summed E-state index contributed by atoms with van der Waals surface area (Å²) >= 11 is 1.41. The maximum Gasteiger partial charge on any atom is 0.353 e. The highest BCUT2D eigenvalue weighted by molar-refractivity contribution is 7.22. The number of hydrogen-bond donors (Lipinski definition) is 2. The number of ether oxygens (including phenoxy) is 1. The smallest absolute Gasteiger partial charge is 0.353 e. The van der Waals surface area contributed by atoms with E-state index in [1.54, 1.807) is 7.11 Å². The van der Waals surface area contributed by atoms with Gasteiger partial charge in [-0.25, -0.2) is 15.0 Å². The number of aryl methyl sites for hydroxylation is 1. The molecule has 0 atom stereocenters. The number of thiazole rings is 1. The molecule has 9 nitrogen and oxygen atoms in total. The average Bonchev–Trinajstić information content (AvgIpc) is 2.99. The van der Waals surface area contributed by atoms with Crippen LogP contribution < -0.4 is 10.6 Å². The lowest BCUT2D eigenvalue weighted by Gasteiger charge is -2.08. The molecule has 2 aromatic heterocycles. The van der Waals surface area contributed by atoms with Gasteiger partial charge in [-0.1, -0.05) is 23.5 Å². The number of methoxy groups -OCH3 is 1. The van der Waals surface area contributed by atoms with Crippen LogP contribution in [0.2, 0.25) is 0 Å². The first-order valence-electron chi connectivity index (χ1n) is 7.45. The summed E-state index contributed by atoms with van der Waals surface area (Å²) in [5.41, 5.74) is 1.68. The fourth-order valence-electron chi connectivity index (χ4n) is 2.28. The van der Waals surface area contributed by atoms with E-state index in [9.17, 15) is 10.1 Å². The van der Waals surface area contributed by atoms with Gasteiger partial charge in [0.15, 0.2) is 5.13 Å². The zero-order valence-electron chi connectivity index (χ0n) is 13.6. The van der Waals surface area contributed by atoms with E-state index in [1.165, 1.54) is 17.7 Å². The lowest BCUT2D eigenvalue weighted by Crippen LogP contribution is -2.12. The van der Waals surface area contributed by atoms with Gasteiger partial charge in [-0.15, -0.1) is 0 Å². The number of nitro groups is 1. The molecule has 0 radical (unpaired) electrons. The number of nitrogens with one attached hydrogen (secondary N) is 2. The predicted octanol–water partition coefficient (Wildman–Crippen LogP) is 3.10. The quantitative estimate of drug-likeness (QED) is 0.375. The number of nitrogens with zero attached hydrogens (tertiary/aromatic N) is 4. The van der Waals surface area contributed by atoms with Crippen LogP contribution >= 0.6 is 11.3 Å². The molecule has 0 fully saturated rings. The zero-order valence-corrected chi connectivity index (χ0v) is 14.5. The molecule has 2 N–H and O–H groups in total. The van der Waals surface area contributed by atoms with Crippen molar-refractivity contribution in [1.29, 1.82) is 0 Å². The van der Waals surface area contributed by atoms with E-state index in [1.807, 2.05) is 25.1 Å². The summed E-state index contributed by atoms with van der Waals surface area (Å²) in [6.07, 6.45) is 1.27. The zero-order chi connectivity index (χ0) is 17.8. The molecule has 0 aliphatic rings. The molecule has 0 bridgehead atoms. The highest BCUT2D eigenvalue weighted by Crippen LogP contribution is 2.34. The summed E-state index contributed by atoms with van der Waals surface area (Å²) in [6.45, 7) is 2.77. The van der Waals surface area contributed by atoms with Gasteiger partial charge in [0.05, 0.1) is 21.7 Å². The van der Waals surface area contributed by atoms with Gasteiger partial charge in [0, 0.05) is 13.7 Å². The minimum Gasteiger partial charge on any atom is -0.383 e. The lowest BCUT2D eigenvalue weighted by molar-refractivity contribution is -0.383. The molecule has 1 aromatic carbocycles. The molecule has 0 spiro atoms. The largest absolute Gasteiger partial charge is 0.383 e. The van der Waals surface area contributed by atoms with Crippen molar-refractivity contribution in [2.75, 3.05) is 30.9 Å². The van der Waals surface area contributed by atoms with Crippen molar-refractivity contribution in [3.05, 3.63) is 40.2 Å². The molecular formula is C15H16N6O3S. The number of hydrogen-bond acceptors (Lipinski definition) is 9. The van der Waals surface area contributed by atoms with Crippen LogP contribution in [0.5, 0.6) is 0 Å². The van der Waals surface area contributed by atoms with Gasteiger partial charge in [-0.3, -0.25) is 10.1 Å². The van der Waals surface area contributed by atoms with E-state index in [0.29, 0.717) is 18.3 Å². The van der Waals surface area contributed by atoms with Crippen LogP contribution in [-0.4, -0.2) is 40.1 Å². The molecule has 0 amide bonds. The Morgan fingerprint density at radius 3 is 2.84 bits per heavy atom. The third-order valence-electron chi connectivity index (χ3n) is 3.45.